The summed E-state index contributed by atoms with van der Waals surface area (Å²) in [4.78, 5) is 9.15. The van der Waals surface area contributed by atoms with Gasteiger partial charge in [-0.2, -0.15) is 0 Å². The lowest BCUT2D eigenvalue weighted by atomic mass is 10.1. The average Bonchev–Trinajstić information content (AvgIpc) is 2.93. The van der Waals surface area contributed by atoms with Crippen LogP contribution in [0.15, 0.2) is 42.7 Å². The first-order valence-electron chi connectivity index (χ1n) is 7.39. The highest BCUT2D eigenvalue weighted by Gasteiger charge is 2.10. The first kappa shape index (κ1) is 13.8. The van der Waals surface area contributed by atoms with E-state index in [0.29, 0.717) is 0 Å². The van der Waals surface area contributed by atoms with Gasteiger partial charge in [0.15, 0.2) is 0 Å². The zero-order valence-electron chi connectivity index (χ0n) is 12.5. The first-order chi connectivity index (χ1) is 10.3. The molecule has 2 heterocycles. The fourth-order valence-electron chi connectivity index (χ4n) is 2.49. The zero-order chi connectivity index (χ0) is 14.7. The number of nitrogens with one attached hydrogen (secondary N) is 1. The largest absolute Gasteiger partial charge is 0.313 e. The number of aromatic nitrogens is 3. The summed E-state index contributed by atoms with van der Waals surface area (Å²) in [6, 6.07) is 10.5. The standard InChI is InChI=1S/C17H20N4/c1-3-8-18-12-15-11-14-6-4-5-7-16(14)20-17(15)21-10-9-19-13(21)2/h4-7,9-11,18H,3,8,12H2,1-2H3. The highest BCUT2D eigenvalue weighted by Crippen LogP contribution is 2.20. The summed E-state index contributed by atoms with van der Waals surface area (Å²) in [5.74, 6) is 1.92. The summed E-state index contributed by atoms with van der Waals surface area (Å²) in [6.45, 7) is 6.00. The van der Waals surface area contributed by atoms with Crippen molar-refractivity contribution in [1.29, 1.82) is 0 Å². The van der Waals surface area contributed by atoms with Crippen molar-refractivity contribution in [3.63, 3.8) is 0 Å². The molecule has 1 N–H and O–H groups in total. The molecular formula is C17H20N4. The van der Waals surface area contributed by atoms with Gasteiger partial charge >= 0.3 is 0 Å². The molecule has 0 aliphatic rings. The Morgan fingerprint density at radius 1 is 1.24 bits per heavy atom. The van der Waals surface area contributed by atoms with Crippen LogP contribution in [0.5, 0.6) is 0 Å². The number of imidazole rings is 1. The average molecular weight is 280 g/mol. The molecule has 3 aromatic rings. The van der Waals surface area contributed by atoms with Crippen molar-refractivity contribution < 1.29 is 0 Å². The Labute approximate surface area is 124 Å². The number of aryl methyl sites for hydroxylation is 1. The highest BCUT2D eigenvalue weighted by molar-refractivity contribution is 5.80. The van der Waals surface area contributed by atoms with Gasteiger partial charge in [-0.1, -0.05) is 25.1 Å². The van der Waals surface area contributed by atoms with Crippen molar-refractivity contribution in [3.05, 3.63) is 54.1 Å². The van der Waals surface area contributed by atoms with E-state index >= 15 is 0 Å². The molecule has 3 rings (SSSR count). The monoisotopic (exact) mass is 280 g/mol. The number of hydrogen-bond donors (Lipinski definition) is 1. The molecule has 0 amide bonds. The van der Waals surface area contributed by atoms with Crippen molar-refractivity contribution in [2.45, 2.75) is 26.8 Å². The molecule has 0 spiro atoms. The van der Waals surface area contributed by atoms with Crippen LogP contribution in [-0.2, 0) is 6.54 Å². The molecule has 0 atom stereocenters. The van der Waals surface area contributed by atoms with Gasteiger partial charge in [-0.05, 0) is 32.0 Å². The number of fused-ring (bicyclic) bond motifs is 1. The second-order valence-electron chi connectivity index (χ2n) is 5.19. The lowest BCUT2D eigenvalue weighted by molar-refractivity contribution is 0.670. The summed E-state index contributed by atoms with van der Waals surface area (Å²) in [6.07, 6.45) is 4.91. The smallest absolute Gasteiger partial charge is 0.143 e. The molecule has 0 saturated heterocycles. The number of pyridine rings is 1. The third-order valence-corrected chi connectivity index (χ3v) is 3.58. The maximum absolute atomic E-state index is 4.84. The summed E-state index contributed by atoms with van der Waals surface area (Å²) in [7, 11) is 0. The Bertz CT molecular complexity index is 745. The van der Waals surface area contributed by atoms with E-state index in [0.717, 1.165) is 36.7 Å². The van der Waals surface area contributed by atoms with Crippen LogP contribution in [0, 0.1) is 6.92 Å². The molecule has 0 aliphatic heterocycles. The van der Waals surface area contributed by atoms with Crippen LogP contribution in [0.25, 0.3) is 16.7 Å². The molecule has 1 aromatic carbocycles. The second-order valence-corrected chi connectivity index (χ2v) is 5.19. The zero-order valence-corrected chi connectivity index (χ0v) is 12.5. The quantitative estimate of drug-likeness (QED) is 0.730. The van der Waals surface area contributed by atoms with Gasteiger partial charge in [-0.3, -0.25) is 4.57 Å². The van der Waals surface area contributed by atoms with Gasteiger partial charge in [0.1, 0.15) is 11.6 Å². The van der Waals surface area contributed by atoms with Crippen LogP contribution < -0.4 is 5.32 Å². The van der Waals surface area contributed by atoms with E-state index < -0.39 is 0 Å². The normalized spacial score (nSPS) is 11.1. The van der Waals surface area contributed by atoms with Crippen LogP contribution in [0.1, 0.15) is 24.7 Å². The van der Waals surface area contributed by atoms with E-state index in [1.807, 2.05) is 31.5 Å². The number of para-hydroxylation sites is 1. The maximum atomic E-state index is 4.84. The van der Waals surface area contributed by atoms with Crippen LogP contribution in [-0.4, -0.2) is 21.1 Å². The molecule has 4 nitrogen and oxygen atoms in total. The van der Waals surface area contributed by atoms with Crippen LogP contribution in [0.4, 0.5) is 0 Å². The van der Waals surface area contributed by atoms with E-state index in [9.17, 15) is 0 Å². The lowest BCUT2D eigenvalue weighted by Crippen LogP contribution is -2.16. The molecule has 0 bridgehead atoms. The lowest BCUT2D eigenvalue weighted by Gasteiger charge is -2.13. The van der Waals surface area contributed by atoms with Crippen molar-refractivity contribution in [2.75, 3.05) is 6.54 Å². The van der Waals surface area contributed by atoms with E-state index in [4.69, 9.17) is 4.98 Å². The van der Waals surface area contributed by atoms with Gasteiger partial charge in [0.25, 0.3) is 0 Å². The first-order valence-corrected chi connectivity index (χ1v) is 7.39. The fraction of sp³-hybridized carbons (Fsp3) is 0.294. The molecule has 21 heavy (non-hydrogen) atoms. The summed E-state index contributed by atoms with van der Waals surface area (Å²) >= 11 is 0. The van der Waals surface area contributed by atoms with Crippen molar-refractivity contribution >= 4 is 10.9 Å². The molecular weight excluding hydrogens is 260 g/mol. The van der Waals surface area contributed by atoms with Crippen LogP contribution >= 0.6 is 0 Å². The molecule has 0 saturated carbocycles. The Morgan fingerprint density at radius 3 is 2.86 bits per heavy atom. The number of rotatable bonds is 5. The predicted octanol–water partition coefficient (Wildman–Crippen LogP) is 3.23. The SMILES string of the molecule is CCCNCc1cc2ccccc2nc1-n1ccnc1C. The Hall–Kier alpha value is -2.20. The van der Waals surface area contributed by atoms with E-state index in [1.54, 1.807) is 0 Å². The van der Waals surface area contributed by atoms with Gasteiger partial charge < -0.3 is 5.32 Å². The minimum atomic E-state index is 0.818. The Kier molecular flexibility index (Phi) is 3.97. The number of hydrogen-bond acceptors (Lipinski definition) is 3. The molecule has 0 fully saturated rings. The van der Waals surface area contributed by atoms with E-state index in [1.165, 1.54) is 10.9 Å². The molecule has 0 radical (unpaired) electrons. The minimum Gasteiger partial charge on any atom is -0.313 e. The van der Waals surface area contributed by atoms with Crippen molar-refractivity contribution in [3.8, 4) is 5.82 Å². The molecule has 0 unspecified atom stereocenters. The molecule has 0 aliphatic carbocycles. The van der Waals surface area contributed by atoms with Crippen LogP contribution in [0.3, 0.4) is 0 Å². The van der Waals surface area contributed by atoms with Crippen LogP contribution in [0.2, 0.25) is 0 Å². The van der Waals surface area contributed by atoms with Gasteiger partial charge in [-0.15, -0.1) is 0 Å². The second kappa shape index (κ2) is 6.06. The minimum absolute atomic E-state index is 0.818. The molecule has 2 aromatic heterocycles. The Balaban J connectivity index is 2.10. The van der Waals surface area contributed by atoms with Gasteiger partial charge in [0.05, 0.1) is 5.52 Å². The third-order valence-electron chi connectivity index (χ3n) is 3.58. The van der Waals surface area contributed by atoms with E-state index in [-0.39, 0.29) is 0 Å². The summed E-state index contributed by atoms with van der Waals surface area (Å²) < 4.78 is 2.05. The highest BCUT2D eigenvalue weighted by atomic mass is 15.1. The predicted molar refractivity (Wildman–Crippen MR) is 85.6 cm³/mol. The van der Waals surface area contributed by atoms with Gasteiger partial charge in [-0.25, -0.2) is 9.97 Å². The number of nitrogens with zero attached hydrogens (tertiary/aromatic N) is 3. The molecule has 108 valence electrons. The van der Waals surface area contributed by atoms with Crippen molar-refractivity contribution in [1.82, 2.24) is 19.9 Å². The fourth-order valence-corrected chi connectivity index (χ4v) is 2.49. The summed E-state index contributed by atoms with van der Waals surface area (Å²) in [5.41, 5.74) is 2.21. The van der Waals surface area contributed by atoms with Gasteiger partial charge in [0, 0.05) is 29.9 Å². The van der Waals surface area contributed by atoms with E-state index in [2.05, 4.69) is 40.0 Å². The topological polar surface area (TPSA) is 42.7 Å². The molecule has 4 heteroatoms. The Morgan fingerprint density at radius 2 is 2.10 bits per heavy atom. The third kappa shape index (κ3) is 2.81. The van der Waals surface area contributed by atoms with Gasteiger partial charge in [0.2, 0.25) is 0 Å². The summed E-state index contributed by atoms with van der Waals surface area (Å²) in [5, 5.41) is 4.64. The van der Waals surface area contributed by atoms with Crippen molar-refractivity contribution in [2.24, 2.45) is 0 Å². The maximum Gasteiger partial charge on any atom is 0.143 e. The number of benzene rings is 1.